The summed E-state index contributed by atoms with van der Waals surface area (Å²) < 4.78 is 0. The van der Waals surface area contributed by atoms with Crippen LogP contribution in [-0.4, -0.2) is 36.4 Å². The zero-order valence-corrected chi connectivity index (χ0v) is 9.69. The smallest absolute Gasteiger partial charge is 0.0565 e. The predicted octanol–water partition coefficient (Wildman–Crippen LogP) is 1.49. The van der Waals surface area contributed by atoms with Crippen LogP contribution in [0.2, 0.25) is 0 Å². The molecule has 3 rings (SSSR count). The minimum atomic E-state index is 1.07. The highest BCUT2D eigenvalue weighted by molar-refractivity contribution is 5.65. The third kappa shape index (κ3) is 2.17. The Bertz CT molecular complexity index is 455. The summed E-state index contributed by atoms with van der Waals surface area (Å²) >= 11 is 0. The Morgan fingerprint density at radius 2 is 1.76 bits per heavy atom. The van der Waals surface area contributed by atoms with E-state index in [1.54, 1.807) is 0 Å². The first-order valence-electron chi connectivity index (χ1n) is 5.98. The summed E-state index contributed by atoms with van der Waals surface area (Å²) in [7, 11) is 0. The van der Waals surface area contributed by atoms with E-state index in [1.807, 2.05) is 12.4 Å². The molecule has 0 atom stereocenters. The van der Waals surface area contributed by atoms with Crippen LogP contribution in [-0.2, 0) is 0 Å². The summed E-state index contributed by atoms with van der Waals surface area (Å²) in [6.45, 7) is 4.32. The van der Waals surface area contributed by atoms with Gasteiger partial charge in [-0.05, 0) is 17.7 Å². The molecule has 17 heavy (non-hydrogen) atoms. The summed E-state index contributed by atoms with van der Waals surface area (Å²) in [5.41, 5.74) is 3.65. The molecular weight excluding hydrogens is 212 g/mol. The van der Waals surface area contributed by atoms with Gasteiger partial charge in [0.25, 0.3) is 0 Å². The first kappa shape index (κ1) is 10.4. The second-order valence-electron chi connectivity index (χ2n) is 4.27. The monoisotopic (exact) mass is 228 g/mol. The molecule has 1 aromatic heterocycles. The van der Waals surface area contributed by atoms with Crippen molar-refractivity contribution in [1.29, 1.82) is 0 Å². The number of benzene rings is 1. The normalized spacial score (nSPS) is 16.1. The molecule has 0 amide bonds. The van der Waals surface area contributed by atoms with E-state index < -0.39 is 0 Å². The van der Waals surface area contributed by atoms with Crippen LogP contribution < -0.4 is 10.2 Å². The van der Waals surface area contributed by atoms with E-state index in [0.29, 0.717) is 0 Å². The highest BCUT2D eigenvalue weighted by Crippen LogP contribution is 2.22. The summed E-state index contributed by atoms with van der Waals surface area (Å²) in [5.74, 6) is 0. The number of rotatable bonds is 2. The number of anilines is 1. The van der Waals surface area contributed by atoms with Crippen LogP contribution in [0.3, 0.4) is 0 Å². The van der Waals surface area contributed by atoms with E-state index in [-0.39, 0.29) is 0 Å². The fourth-order valence-corrected chi connectivity index (χ4v) is 2.20. The van der Waals surface area contributed by atoms with Gasteiger partial charge in [0.1, 0.15) is 0 Å². The van der Waals surface area contributed by atoms with E-state index in [9.17, 15) is 0 Å². The Balaban J connectivity index is 1.80. The van der Waals surface area contributed by atoms with Crippen molar-refractivity contribution in [2.45, 2.75) is 0 Å². The molecule has 88 valence electrons. The molecule has 4 heteroatoms. The fourth-order valence-electron chi connectivity index (χ4n) is 2.20. The van der Waals surface area contributed by atoms with Gasteiger partial charge in [0, 0.05) is 43.6 Å². The van der Waals surface area contributed by atoms with Crippen LogP contribution in [0.25, 0.3) is 11.1 Å². The molecule has 0 spiro atoms. The third-order valence-corrected chi connectivity index (χ3v) is 3.18. The van der Waals surface area contributed by atoms with Crippen LogP contribution in [0.5, 0.6) is 0 Å². The summed E-state index contributed by atoms with van der Waals surface area (Å²) in [6, 6.07) is 8.69. The lowest BCUT2D eigenvalue weighted by Crippen LogP contribution is -2.43. The van der Waals surface area contributed by atoms with E-state index >= 15 is 0 Å². The van der Waals surface area contributed by atoms with Gasteiger partial charge in [-0.2, -0.15) is 5.10 Å². The summed E-state index contributed by atoms with van der Waals surface area (Å²) in [5, 5.41) is 10.2. The van der Waals surface area contributed by atoms with Gasteiger partial charge in [-0.25, -0.2) is 0 Å². The van der Waals surface area contributed by atoms with Gasteiger partial charge in [0.2, 0.25) is 0 Å². The average Bonchev–Trinajstić information content (AvgIpc) is 2.94. The molecular formula is C13H16N4. The fraction of sp³-hybridized carbons (Fsp3) is 0.308. The maximum Gasteiger partial charge on any atom is 0.0565 e. The average molecular weight is 228 g/mol. The van der Waals surface area contributed by atoms with E-state index in [0.717, 1.165) is 31.7 Å². The molecule has 0 radical (unpaired) electrons. The standard InChI is InChI=1S/C13H16N4/c1-3-13(17-7-5-14-6-8-17)4-2-11(1)12-9-15-16-10-12/h1-4,9-10,14H,5-8H2,(H,15,16). The van der Waals surface area contributed by atoms with Gasteiger partial charge in [0.05, 0.1) is 6.20 Å². The van der Waals surface area contributed by atoms with E-state index in [2.05, 4.69) is 44.7 Å². The predicted molar refractivity (Wildman–Crippen MR) is 69.1 cm³/mol. The SMILES string of the molecule is c1cc(N2CCNCC2)ccc1-c1cn[nH]c1. The van der Waals surface area contributed by atoms with Gasteiger partial charge in [-0.15, -0.1) is 0 Å². The molecule has 1 aliphatic rings. The van der Waals surface area contributed by atoms with Crippen molar-refractivity contribution in [2.75, 3.05) is 31.1 Å². The Kier molecular flexibility index (Phi) is 2.80. The molecule has 4 nitrogen and oxygen atoms in total. The number of nitrogens with one attached hydrogen (secondary N) is 2. The highest BCUT2D eigenvalue weighted by atomic mass is 15.2. The van der Waals surface area contributed by atoms with Crippen molar-refractivity contribution in [3.8, 4) is 11.1 Å². The molecule has 1 aliphatic heterocycles. The number of piperazine rings is 1. The first-order chi connectivity index (χ1) is 8.43. The lowest BCUT2D eigenvalue weighted by molar-refractivity contribution is 0.589. The molecule has 1 aromatic carbocycles. The van der Waals surface area contributed by atoms with Crippen LogP contribution in [0.4, 0.5) is 5.69 Å². The number of aromatic nitrogens is 2. The Hall–Kier alpha value is -1.81. The quantitative estimate of drug-likeness (QED) is 0.818. The van der Waals surface area contributed by atoms with Crippen molar-refractivity contribution >= 4 is 5.69 Å². The minimum Gasteiger partial charge on any atom is -0.369 e. The van der Waals surface area contributed by atoms with Gasteiger partial charge in [0.15, 0.2) is 0 Å². The third-order valence-electron chi connectivity index (χ3n) is 3.18. The second-order valence-corrected chi connectivity index (χ2v) is 4.27. The number of nitrogens with zero attached hydrogens (tertiary/aromatic N) is 2. The lowest BCUT2D eigenvalue weighted by atomic mass is 10.1. The summed E-state index contributed by atoms with van der Waals surface area (Å²) in [4.78, 5) is 2.41. The second kappa shape index (κ2) is 4.59. The molecule has 0 saturated carbocycles. The molecule has 0 bridgehead atoms. The zero-order valence-electron chi connectivity index (χ0n) is 9.69. The van der Waals surface area contributed by atoms with Crippen molar-refractivity contribution < 1.29 is 0 Å². The van der Waals surface area contributed by atoms with E-state index in [4.69, 9.17) is 0 Å². The molecule has 2 aromatic rings. The number of H-pyrrole nitrogens is 1. The van der Waals surface area contributed by atoms with Gasteiger partial charge in [-0.3, -0.25) is 5.10 Å². The van der Waals surface area contributed by atoms with Gasteiger partial charge in [-0.1, -0.05) is 12.1 Å². The van der Waals surface area contributed by atoms with Crippen LogP contribution in [0.1, 0.15) is 0 Å². The zero-order chi connectivity index (χ0) is 11.5. The highest BCUT2D eigenvalue weighted by Gasteiger charge is 2.10. The summed E-state index contributed by atoms with van der Waals surface area (Å²) in [6.07, 6.45) is 3.76. The van der Waals surface area contributed by atoms with Crippen molar-refractivity contribution in [2.24, 2.45) is 0 Å². The van der Waals surface area contributed by atoms with Gasteiger partial charge >= 0.3 is 0 Å². The molecule has 1 fully saturated rings. The van der Waals surface area contributed by atoms with Crippen molar-refractivity contribution in [3.05, 3.63) is 36.7 Å². The molecule has 2 N–H and O–H groups in total. The minimum absolute atomic E-state index is 1.07. The topological polar surface area (TPSA) is 44.0 Å². The van der Waals surface area contributed by atoms with E-state index in [1.165, 1.54) is 11.3 Å². The molecule has 2 heterocycles. The van der Waals surface area contributed by atoms with Crippen LogP contribution in [0, 0.1) is 0 Å². The van der Waals surface area contributed by atoms with Gasteiger partial charge < -0.3 is 10.2 Å². The van der Waals surface area contributed by atoms with Crippen LogP contribution >= 0.6 is 0 Å². The maximum atomic E-state index is 3.97. The maximum absolute atomic E-state index is 3.97. The number of aromatic amines is 1. The van der Waals surface area contributed by atoms with Crippen LogP contribution in [0.15, 0.2) is 36.7 Å². The Labute approximate surface area is 101 Å². The number of hydrogen-bond donors (Lipinski definition) is 2. The Morgan fingerprint density at radius 1 is 1.00 bits per heavy atom. The van der Waals surface area contributed by atoms with Crippen molar-refractivity contribution in [1.82, 2.24) is 15.5 Å². The molecule has 1 saturated heterocycles. The van der Waals surface area contributed by atoms with Crippen molar-refractivity contribution in [3.63, 3.8) is 0 Å². The Morgan fingerprint density at radius 3 is 2.41 bits per heavy atom. The number of hydrogen-bond acceptors (Lipinski definition) is 3. The molecule has 0 unspecified atom stereocenters. The lowest BCUT2D eigenvalue weighted by Gasteiger charge is -2.29. The first-order valence-corrected chi connectivity index (χ1v) is 5.98. The molecule has 0 aliphatic carbocycles. The largest absolute Gasteiger partial charge is 0.369 e.